The van der Waals surface area contributed by atoms with Crippen molar-refractivity contribution < 1.29 is 13.9 Å². The molecule has 0 atom stereocenters. The maximum absolute atomic E-state index is 14.2. The van der Waals surface area contributed by atoms with Crippen LogP contribution in [0.2, 0.25) is 0 Å². The van der Waals surface area contributed by atoms with Gasteiger partial charge in [0.2, 0.25) is 0 Å². The molecule has 6 heteroatoms. The summed E-state index contributed by atoms with van der Waals surface area (Å²) in [5.74, 6) is -0.0850. The number of H-pyrrole nitrogens is 1. The van der Waals surface area contributed by atoms with Crippen molar-refractivity contribution in [3.05, 3.63) is 71.8 Å². The van der Waals surface area contributed by atoms with Gasteiger partial charge in [0, 0.05) is 29.4 Å². The molecule has 0 fully saturated rings. The number of rotatable bonds is 5. The van der Waals surface area contributed by atoms with Gasteiger partial charge in [0.05, 0.1) is 13.3 Å². The predicted molar refractivity (Wildman–Crippen MR) is 88.1 cm³/mol. The van der Waals surface area contributed by atoms with Crippen molar-refractivity contribution in [2.75, 3.05) is 7.11 Å². The van der Waals surface area contributed by atoms with E-state index in [-0.39, 0.29) is 11.5 Å². The average molecular weight is 325 g/mol. The fourth-order valence-corrected chi connectivity index (χ4v) is 2.36. The van der Waals surface area contributed by atoms with Crippen molar-refractivity contribution in [3.63, 3.8) is 0 Å². The largest absolute Gasteiger partial charge is 0.497 e. The van der Waals surface area contributed by atoms with E-state index < -0.39 is 5.82 Å². The number of benzene rings is 2. The first-order valence-corrected chi connectivity index (χ1v) is 7.37. The predicted octanol–water partition coefficient (Wildman–Crippen LogP) is 3.15. The molecule has 0 radical (unpaired) electrons. The highest BCUT2D eigenvalue weighted by Gasteiger charge is 2.11. The zero-order valence-electron chi connectivity index (χ0n) is 13.0. The van der Waals surface area contributed by atoms with Gasteiger partial charge in [-0.15, -0.1) is 0 Å². The molecule has 0 saturated carbocycles. The smallest absolute Gasteiger partial charge is 0.251 e. The Morgan fingerprint density at radius 2 is 2.17 bits per heavy atom. The highest BCUT2D eigenvalue weighted by molar-refractivity contribution is 5.94. The summed E-state index contributed by atoms with van der Waals surface area (Å²) in [6.07, 6.45) is 3.13. The zero-order chi connectivity index (χ0) is 16.9. The summed E-state index contributed by atoms with van der Waals surface area (Å²) < 4.78 is 19.3. The highest BCUT2D eigenvalue weighted by atomic mass is 19.1. The van der Waals surface area contributed by atoms with Crippen molar-refractivity contribution >= 4 is 5.91 Å². The van der Waals surface area contributed by atoms with Crippen molar-refractivity contribution in [3.8, 4) is 16.9 Å². The van der Waals surface area contributed by atoms with Crippen LogP contribution in [0.1, 0.15) is 15.9 Å². The third kappa shape index (κ3) is 3.43. The van der Waals surface area contributed by atoms with Crippen LogP contribution in [0.15, 0.2) is 54.9 Å². The minimum Gasteiger partial charge on any atom is -0.497 e. The number of aromatic amines is 1. The Morgan fingerprint density at radius 1 is 1.29 bits per heavy atom. The first kappa shape index (κ1) is 15.7. The lowest BCUT2D eigenvalue weighted by atomic mass is 10.1. The first-order valence-electron chi connectivity index (χ1n) is 7.37. The molecule has 0 aliphatic carbocycles. The van der Waals surface area contributed by atoms with Gasteiger partial charge < -0.3 is 10.1 Å². The van der Waals surface area contributed by atoms with Crippen LogP contribution >= 0.6 is 0 Å². The number of carbonyl (C=O) groups excluding carboxylic acids is 1. The molecular weight excluding hydrogens is 309 g/mol. The van der Waals surface area contributed by atoms with Crippen LogP contribution in [0.4, 0.5) is 4.39 Å². The quantitative estimate of drug-likeness (QED) is 0.757. The van der Waals surface area contributed by atoms with Crippen molar-refractivity contribution in [1.29, 1.82) is 0 Å². The average Bonchev–Trinajstić information content (AvgIpc) is 3.14. The summed E-state index contributed by atoms with van der Waals surface area (Å²) in [4.78, 5) is 12.2. The van der Waals surface area contributed by atoms with Crippen LogP contribution in [-0.4, -0.2) is 23.2 Å². The Morgan fingerprint density at radius 3 is 2.88 bits per heavy atom. The summed E-state index contributed by atoms with van der Waals surface area (Å²) in [5.41, 5.74) is 2.20. The maximum atomic E-state index is 14.2. The van der Waals surface area contributed by atoms with E-state index in [9.17, 15) is 9.18 Å². The zero-order valence-corrected chi connectivity index (χ0v) is 13.0. The van der Waals surface area contributed by atoms with E-state index in [0.717, 1.165) is 11.3 Å². The van der Waals surface area contributed by atoms with E-state index >= 15 is 0 Å². The number of halogens is 1. The molecule has 0 aliphatic heterocycles. The van der Waals surface area contributed by atoms with Gasteiger partial charge in [0.1, 0.15) is 11.6 Å². The van der Waals surface area contributed by atoms with Gasteiger partial charge in [-0.3, -0.25) is 9.89 Å². The molecule has 2 N–H and O–H groups in total. The fourth-order valence-electron chi connectivity index (χ4n) is 2.36. The maximum Gasteiger partial charge on any atom is 0.251 e. The van der Waals surface area contributed by atoms with Gasteiger partial charge in [-0.25, -0.2) is 4.39 Å². The van der Waals surface area contributed by atoms with Crippen LogP contribution in [0.3, 0.4) is 0 Å². The Hall–Kier alpha value is -3.15. The van der Waals surface area contributed by atoms with E-state index in [2.05, 4.69) is 15.5 Å². The van der Waals surface area contributed by atoms with E-state index in [4.69, 9.17) is 4.74 Å². The molecule has 0 unspecified atom stereocenters. The third-order valence-corrected chi connectivity index (χ3v) is 3.63. The molecule has 0 bridgehead atoms. The molecule has 3 aromatic rings. The number of ether oxygens (including phenoxy) is 1. The molecule has 3 rings (SSSR count). The molecule has 0 spiro atoms. The van der Waals surface area contributed by atoms with Gasteiger partial charge >= 0.3 is 0 Å². The summed E-state index contributed by atoms with van der Waals surface area (Å²) in [6.45, 7) is 0.334. The Bertz CT molecular complexity index is 847. The lowest BCUT2D eigenvalue weighted by molar-refractivity contribution is 0.0950. The highest BCUT2D eigenvalue weighted by Crippen LogP contribution is 2.22. The van der Waals surface area contributed by atoms with Crippen LogP contribution in [0, 0.1) is 5.82 Å². The standard InChI is InChI=1S/C18H16FN3O2/c1-24-15-4-2-3-12(7-15)9-20-18(23)13-5-6-16(17(19)8-13)14-10-21-22-11-14/h2-8,10-11H,9H2,1H3,(H,20,23)(H,21,22). The second kappa shape index (κ2) is 6.95. The summed E-state index contributed by atoms with van der Waals surface area (Å²) in [6, 6.07) is 11.8. The number of aromatic nitrogens is 2. The molecule has 1 heterocycles. The summed E-state index contributed by atoms with van der Waals surface area (Å²) >= 11 is 0. The number of nitrogens with one attached hydrogen (secondary N) is 2. The molecule has 24 heavy (non-hydrogen) atoms. The Balaban J connectivity index is 1.70. The van der Waals surface area contributed by atoms with Gasteiger partial charge in [0.15, 0.2) is 0 Å². The normalized spacial score (nSPS) is 10.4. The van der Waals surface area contributed by atoms with E-state index in [1.807, 2.05) is 24.3 Å². The lowest BCUT2D eigenvalue weighted by Crippen LogP contribution is -2.22. The Labute approximate surface area is 138 Å². The minimum atomic E-state index is -0.467. The van der Waals surface area contributed by atoms with Crippen LogP contribution in [0.25, 0.3) is 11.1 Å². The van der Waals surface area contributed by atoms with Crippen molar-refractivity contribution in [2.24, 2.45) is 0 Å². The SMILES string of the molecule is COc1cccc(CNC(=O)c2ccc(-c3cn[nH]c3)c(F)c2)c1. The minimum absolute atomic E-state index is 0.266. The van der Waals surface area contributed by atoms with Crippen molar-refractivity contribution in [1.82, 2.24) is 15.5 Å². The van der Waals surface area contributed by atoms with Crippen LogP contribution in [-0.2, 0) is 6.54 Å². The first-order chi connectivity index (χ1) is 11.7. The molecule has 122 valence electrons. The van der Waals surface area contributed by atoms with E-state index in [1.54, 1.807) is 25.4 Å². The number of carbonyl (C=O) groups is 1. The van der Waals surface area contributed by atoms with E-state index in [0.29, 0.717) is 17.7 Å². The number of hydrogen-bond acceptors (Lipinski definition) is 3. The number of amides is 1. The lowest BCUT2D eigenvalue weighted by Gasteiger charge is -2.08. The molecule has 0 saturated heterocycles. The second-order valence-electron chi connectivity index (χ2n) is 5.22. The molecule has 1 aromatic heterocycles. The molecule has 2 aromatic carbocycles. The molecule has 0 aliphatic rings. The van der Waals surface area contributed by atoms with Gasteiger partial charge in [-0.1, -0.05) is 18.2 Å². The van der Waals surface area contributed by atoms with Crippen LogP contribution in [0.5, 0.6) is 5.75 Å². The molecule has 5 nitrogen and oxygen atoms in total. The third-order valence-electron chi connectivity index (χ3n) is 3.63. The van der Waals surface area contributed by atoms with E-state index in [1.165, 1.54) is 12.3 Å². The number of methoxy groups -OCH3 is 1. The van der Waals surface area contributed by atoms with Gasteiger partial charge in [-0.2, -0.15) is 5.10 Å². The van der Waals surface area contributed by atoms with Gasteiger partial charge in [-0.05, 0) is 29.8 Å². The second-order valence-corrected chi connectivity index (χ2v) is 5.22. The number of nitrogens with zero attached hydrogens (tertiary/aromatic N) is 1. The fraction of sp³-hybridized carbons (Fsp3) is 0.111. The molecule has 1 amide bonds. The molecular formula is C18H16FN3O2. The Kier molecular flexibility index (Phi) is 4.56. The van der Waals surface area contributed by atoms with Crippen LogP contribution < -0.4 is 10.1 Å². The monoisotopic (exact) mass is 325 g/mol. The summed E-state index contributed by atoms with van der Waals surface area (Å²) in [7, 11) is 1.59. The summed E-state index contributed by atoms with van der Waals surface area (Å²) in [5, 5.41) is 9.20. The van der Waals surface area contributed by atoms with Crippen molar-refractivity contribution in [2.45, 2.75) is 6.54 Å². The van der Waals surface area contributed by atoms with Gasteiger partial charge in [0.25, 0.3) is 5.91 Å². The topological polar surface area (TPSA) is 67.0 Å². The number of hydrogen-bond donors (Lipinski definition) is 2.